The average molecular weight is 643 g/mol. The molecular weight excluding hydrogens is 613 g/mol. The second kappa shape index (κ2) is 11.5. The highest BCUT2D eigenvalue weighted by Gasteiger charge is 2.19. The first-order valence-electron chi connectivity index (χ1n) is 17.0. The van der Waals surface area contributed by atoms with Crippen molar-refractivity contribution in [3.8, 4) is 39.3 Å². The number of benzene rings is 5. The molecule has 0 amide bonds. The second-order valence-corrected chi connectivity index (χ2v) is 12.7. The van der Waals surface area contributed by atoms with Crippen LogP contribution >= 0.6 is 0 Å². The van der Waals surface area contributed by atoms with E-state index in [9.17, 15) is 0 Å². The SMILES string of the molecule is C1=CC(c2cc3oc4ccc(-n5c6ccccc6c6cc(-c7ccccc7-c7ccccn7)ccc65)cc4c3cc2-c2ccccn2)=NCC1. The van der Waals surface area contributed by atoms with Crippen LogP contribution in [0.25, 0.3) is 83.1 Å². The van der Waals surface area contributed by atoms with Crippen LogP contribution in [0.3, 0.4) is 0 Å². The molecule has 0 saturated carbocycles. The molecular formula is C45H30N4O. The minimum absolute atomic E-state index is 0.784. The number of dihydropyridines is 1. The van der Waals surface area contributed by atoms with Gasteiger partial charge in [-0.3, -0.25) is 15.0 Å². The quantitative estimate of drug-likeness (QED) is 0.188. The van der Waals surface area contributed by atoms with Crippen molar-refractivity contribution in [3.63, 3.8) is 0 Å². The Hall–Kier alpha value is -6.59. The summed E-state index contributed by atoms with van der Waals surface area (Å²) >= 11 is 0. The summed E-state index contributed by atoms with van der Waals surface area (Å²) in [5.74, 6) is 0. The van der Waals surface area contributed by atoms with Gasteiger partial charge in [-0.15, -0.1) is 0 Å². The van der Waals surface area contributed by atoms with Crippen molar-refractivity contribution in [2.24, 2.45) is 4.99 Å². The number of aliphatic imine (C=N–C) groups is 1. The third kappa shape index (κ3) is 4.59. The molecule has 1 aliphatic heterocycles. The maximum atomic E-state index is 6.52. The van der Waals surface area contributed by atoms with Gasteiger partial charge in [-0.05, 0) is 96.4 Å². The molecule has 1 aliphatic rings. The van der Waals surface area contributed by atoms with Crippen LogP contribution in [0.15, 0.2) is 167 Å². The highest BCUT2D eigenvalue weighted by Crippen LogP contribution is 2.40. The Morgan fingerprint density at radius 1 is 0.520 bits per heavy atom. The lowest BCUT2D eigenvalue weighted by Crippen LogP contribution is -2.05. The van der Waals surface area contributed by atoms with E-state index in [2.05, 4.69) is 131 Å². The molecule has 0 bridgehead atoms. The van der Waals surface area contributed by atoms with Crippen molar-refractivity contribution in [1.82, 2.24) is 14.5 Å². The second-order valence-electron chi connectivity index (χ2n) is 12.7. The molecule has 0 N–H and O–H groups in total. The van der Waals surface area contributed by atoms with Crippen molar-refractivity contribution in [2.45, 2.75) is 6.42 Å². The predicted octanol–water partition coefficient (Wildman–Crippen LogP) is 11.2. The maximum absolute atomic E-state index is 6.52. The van der Waals surface area contributed by atoms with E-state index in [0.717, 1.165) is 96.5 Å². The first-order valence-corrected chi connectivity index (χ1v) is 17.0. The molecule has 10 rings (SSSR count). The number of nitrogens with zero attached hydrogens (tertiary/aromatic N) is 4. The fourth-order valence-electron chi connectivity index (χ4n) is 7.48. The summed E-state index contributed by atoms with van der Waals surface area (Å²) in [5, 5.41) is 4.53. The van der Waals surface area contributed by atoms with Gasteiger partial charge in [-0.1, -0.05) is 66.7 Å². The number of hydrogen-bond acceptors (Lipinski definition) is 4. The number of pyridine rings is 2. The standard InChI is InChI=1S/C45H30N4O/c1-2-12-32(39-14-5-8-22-46-39)31(11-1)29-18-20-43-36(25-29)33-13-3-4-17-42(33)49(43)30-19-21-44-37(26-30)38-27-34(40-15-6-9-23-47-40)35(28-45(38)50-44)41-16-7-10-24-48-41/h1-9,11-23,25-28H,10,24H2. The summed E-state index contributed by atoms with van der Waals surface area (Å²) in [4.78, 5) is 14.2. The van der Waals surface area contributed by atoms with Crippen LogP contribution < -0.4 is 0 Å². The van der Waals surface area contributed by atoms with Gasteiger partial charge < -0.3 is 8.98 Å². The molecule has 5 aromatic carbocycles. The summed E-state index contributed by atoms with van der Waals surface area (Å²) in [6, 6.07) is 47.0. The number of hydrogen-bond donors (Lipinski definition) is 0. The Labute approximate surface area is 288 Å². The van der Waals surface area contributed by atoms with Crippen molar-refractivity contribution in [3.05, 3.63) is 164 Å². The molecule has 9 aromatic rings. The third-order valence-corrected chi connectivity index (χ3v) is 9.77. The van der Waals surface area contributed by atoms with Gasteiger partial charge in [0.1, 0.15) is 11.2 Å². The molecule has 236 valence electrons. The molecule has 0 spiro atoms. The van der Waals surface area contributed by atoms with Crippen LogP contribution in [0.2, 0.25) is 0 Å². The zero-order valence-electron chi connectivity index (χ0n) is 27.1. The molecule has 0 saturated heterocycles. The van der Waals surface area contributed by atoms with Gasteiger partial charge in [0.25, 0.3) is 0 Å². The smallest absolute Gasteiger partial charge is 0.136 e. The summed E-state index contributed by atoms with van der Waals surface area (Å²) in [6.45, 7) is 0.784. The summed E-state index contributed by atoms with van der Waals surface area (Å²) < 4.78 is 8.89. The summed E-state index contributed by atoms with van der Waals surface area (Å²) in [7, 11) is 0. The Kier molecular flexibility index (Phi) is 6.56. The molecule has 0 unspecified atom stereocenters. The number of para-hydroxylation sites is 1. The van der Waals surface area contributed by atoms with Gasteiger partial charge in [0.15, 0.2) is 0 Å². The van der Waals surface area contributed by atoms with Gasteiger partial charge in [0.05, 0.1) is 28.1 Å². The number of allylic oxidation sites excluding steroid dienone is 1. The monoisotopic (exact) mass is 642 g/mol. The minimum atomic E-state index is 0.784. The number of rotatable bonds is 5. The molecule has 0 fully saturated rings. The van der Waals surface area contributed by atoms with Gasteiger partial charge in [0.2, 0.25) is 0 Å². The van der Waals surface area contributed by atoms with Gasteiger partial charge in [-0.25, -0.2) is 0 Å². The van der Waals surface area contributed by atoms with E-state index in [1.165, 1.54) is 10.8 Å². The van der Waals surface area contributed by atoms with E-state index in [4.69, 9.17) is 14.4 Å². The van der Waals surface area contributed by atoms with Gasteiger partial charge in [-0.2, -0.15) is 0 Å². The van der Waals surface area contributed by atoms with E-state index in [-0.39, 0.29) is 0 Å². The lowest BCUT2D eigenvalue weighted by molar-refractivity contribution is 0.669. The number of furan rings is 1. The fraction of sp³-hybridized carbons (Fsp3) is 0.0444. The predicted molar refractivity (Wildman–Crippen MR) is 205 cm³/mol. The molecule has 4 aromatic heterocycles. The summed E-state index contributed by atoms with van der Waals surface area (Å²) in [5.41, 5.74) is 13.4. The molecule has 5 nitrogen and oxygen atoms in total. The van der Waals surface area contributed by atoms with Crippen molar-refractivity contribution >= 4 is 49.5 Å². The van der Waals surface area contributed by atoms with Crippen LogP contribution in [0.1, 0.15) is 12.0 Å². The normalized spacial score (nSPS) is 13.1. The van der Waals surface area contributed by atoms with Gasteiger partial charge in [0, 0.05) is 62.9 Å². The minimum Gasteiger partial charge on any atom is -0.456 e. The zero-order valence-corrected chi connectivity index (χ0v) is 27.1. The van der Waals surface area contributed by atoms with Gasteiger partial charge >= 0.3 is 0 Å². The Morgan fingerprint density at radius 2 is 1.26 bits per heavy atom. The van der Waals surface area contributed by atoms with Crippen LogP contribution in [0.4, 0.5) is 0 Å². The van der Waals surface area contributed by atoms with Crippen LogP contribution in [0, 0.1) is 0 Å². The third-order valence-electron chi connectivity index (χ3n) is 9.77. The number of aromatic nitrogens is 3. The largest absolute Gasteiger partial charge is 0.456 e. The first kappa shape index (κ1) is 28.4. The van der Waals surface area contributed by atoms with Crippen LogP contribution in [-0.4, -0.2) is 26.8 Å². The Morgan fingerprint density at radius 3 is 2.06 bits per heavy atom. The average Bonchev–Trinajstić information content (AvgIpc) is 3.72. The van der Waals surface area contributed by atoms with E-state index < -0.39 is 0 Å². The highest BCUT2D eigenvalue weighted by molar-refractivity contribution is 6.17. The van der Waals surface area contributed by atoms with Crippen molar-refractivity contribution in [1.29, 1.82) is 0 Å². The lowest BCUT2D eigenvalue weighted by atomic mass is 9.96. The molecule has 5 heterocycles. The van der Waals surface area contributed by atoms with E-state index >= 15 is 0 Å². The van der Waals surface area contributed by atoms with Crippen molar-refractivity contribution in [2.75, 3.05) is 6.54 Å². The topological polar surface area (TPSA) is 56.2 Å². The molecule has 0 aliphatic carbocycles. The first-order chi connectivity index (χ1) is 24.8. The molecule has 0 atom stereocenters. The maximum Gasteiger partial charge on any atom is 0.136 e. The molecule has 50 heavy (non-hydrogen) atoms. The highest BCUT2D eigenvalue weighted by atomic mass is 16.3. The van der Waals surface area contributed by atoms with E-state index in [1.54, 1.807) is 0 Å². The zero-order chi connectivity index (χ0) is 33.0. The molecule has 0 radical (unpaired) electrons. The lowest BCUT2D eigenvalue weighted by Gasteiger charge is -2.12. The Balaban J connectivity index is 1.17. The fourth-order valence-corrected chi connectivity index (χ4v) is 7.48. The van der Waals surface area contributed by atoms with E-state index in [0.29, 0.717) is 0 Å². The van der Waals surface area contributed by atoms with E-state index in [1.807, 2.05) is 36.7 Å². The summed E-state index contributed by atoms with van der Waals surface area (Å²) in [6.07, 6.45) is 8.96. The number of fused-ring (bicyclic) bond motifs is 6. The van der Waals surface area contributed by atoms with Crippen molar-refractivity contribution < 1.29 is 4.42 Å². The molecule has 5 heteroatoms. The van der Waals surface area contributed by atoms with Crippen LogP contribution in [0.5, 0.6) is 0 Å². The Bertz CT molecular complexity index is 2810. The van der Waals surface area contributed by atoms with Crippen LogP contribution in [-0.2, 0) is 0 Å².